The van der Waals surface area contributed by atoms with E-state index in [0.29, 0.717) is 49.3 Å². The molecule has 0 bridgehead atoms. The Kier molecular flexibility index (Phi) is 9.54. The van der Waals surface area contributed by atoms with Crippen LogP contribution in [-0.4, -0.2) is 23.2 Å². The van der Waals surface area contributed by atoms with Crippen molar-refractivity contribution in [2.75, 3.05) is 6.61 Å². The van der Waals surface area contributed by atoms with Gasteiger partial charge in [0.25, 0.3) is 5.56 Å². The summed E-state index contributed by atoms with van der Waals surface area (Å²) in [6.45, 7) is 7.90. The van der Waals surface area contributed by atoms with Crippen LogP contribution in [-0.2, 0) is 16.1 Å². The van der Waals surface area contributed by atoms with Crippen LogP contribution in [0.5, 0.6) is 11.5 Å². The summed E-state index contributed by atoms with van der Waals surface area (Å²) >= 11 is 10.8. The number of ether oxygens (including phenoxy) is 3. The molecule has 0 amide bonds. The zero-order valence-electron chi connectivity index (χ0n) is 24.1. The second kappa shape index (κ2) is 13.3. The first-order chi connectivity index (χ1) is 20.7. The minimum absolute atomic E-state index is 0.115. The summed E-state index contributed by atoms with van der Waals surface area (Å²) in [7, 11) is 0. The summed E-state index contributed by atoms with van der Waals surface area (Å²) < 4.78 is 20.6. The van der Waals surface area contributed by atoms with Crippen molar-refractivity contribution in [3.63, 3.8) is 0 Å². The fourth-order valence-corrected chi connectivity index (χ4v) is 6.34. The molecule has 0 saturated carbocycles. The Morgan fingerprint density at radius 2 is 1.86 bits per heavy atom. The molecule has 2 heterocycles. The van der Waals surface area contributed by atoms with Gasteiger partial charge in [-0.1, -0.05) is 69.2 Å². The highest BCUT2D eigenvalue weighted by molar-refractivity contribution is 9.10. The summed E-state index contributed by atoms with van der Waals surface area (Å²) in [5, 5.41) is 0.654. The summed E-state index contributed by atoms with van der Waals surface area (Å²) in [5.41, 5.74) is 2.86. The molecule has 0 fully saturated rings. The van der Waals surface area contributed by atoms with Gasteiger partial charge in [-0.15, -0.1) is 0 Å². The largest absolute Gasteiger partial charge is 0.491 e. The molecule has 0 saturated heterocycles. The normalized spacial score (nSPS) is 14.9. The predicted molar refractivity (Wildman–Crippen MR) is 173 cm³/mol. The maximum atomic E-state index is 14.2. The van der Waals surface area contributed by atoms with Gasteiger partial charge in [-0.2, -0.15) is 0 Å². The van der Waals surface area contributed by atoms with Crippen LogP contribution in [0.3, 0.4) is 0 Å². The molecule has 43 heavy (non-hydrogen) atoms. The highest BCUT2D eigenvalue weighted by Crippen LogP contribution is 2.36. The predicted octanol–water partition coefficient (Wildman–Crippen LogP) is 6.58. The van der Waals surface area contributed by atoms with Crippen molar-refractivity contribution >= 4 is 50.9 Å². The molecule has 4 aromatic rings. The van der Waals surface area contributed by atoms with Crippen LogP contribution in [0.4, 0.5) is 0 Å². The number of nitrogens with zero attached hydrogens (tertiary/aromatic N) is 2. The second-order valence-electron chi connectivity index (χ2n) is 10.1. The molecule has 7 nitrogen and oxygen atoms in total. The fourth-order valence-electron chi connectivity index (χ4n) is 4.80. The van der Waals surface area contributed by atoms with E-state index in [2.05, 4.69) is 15.9 Å². The molecule has 0 radical (unpaired) electrons. The maximum Gasteiger partial charge on any atom is 0.338 e. The smallest absolute Gasteiger partial charge is 0.338 e. The van der Waals surface area contributed by atoms with Crippen LogP contribution in [0.2, 0.25) is 5.02 Å². The summed E-state index contributed by atoms with van der Waals surface area (Å²) in [6, 6.07) is 19.7. The first-order valence-electron chi connectivity index (χ1n) is 13.8. The number of aromatic nitrogens is 1. The number of esters is 1. The van der Waals surface area contributed by atoms with Gasteiger partial charge >= 0.3 is 5.97 Å². The Labute approximate surface area is 266 Å². The van der Waals surface area contributed by atoms with Gasteiger partial charge in [0.2, 0.25) is 0 Å². The van der Waals surface area contributed by atoms with E-state index >= 15 is 0 Å². The minimum atomic E-state index is -0.782. The minimum Gasteiger partial charge on any atom is -0.491 e. The van der Waals surface area contributed by atoms with Crippen LogP contribution in [0.15, 0.2) is 92.3 Å². The lowest BCUT2D eigenvalue weighted by Crippen LogP contribution is -2.40. The Hall–Kier alpha value is -3.66. The van der Waals surface area contributed by atoms with E-state index in [4.69, 9.17) is 30.8 Å². The lowest BCUT2D eigenvalue weighted by Gasteiger charge is -2.26. The first kappa shape index (κ1) is 30.8. The van der Waals surface area contributed by atoms with Crippen molar-refractivity contribution in [1.82, 2.24) is 4.57 Å². The standard InChI is InChI=1S/C33H30BrClN2O5S/c1-5-40-32(39)29-20(4)36-33-37(30(29)25-8-6-7-9-27(25)42-19(2)3)31(38)28(43-33)17-22-16-23(34)12-15-26(22)41-18-21-10-13-24(35)14-11-21/h6-17,19,30H,5,18H2,1-4H3/b28-17+/t30-/m0/s1. The van der Waals surface area contributed by atoms with Crippen LogP contribution >= 0.6 is 38.9 Å². The number of benzene rings is 3. The van der Waals surface area contributed by atoms with E-state index in [-0.39, 0.29) is 18.3 Å². The van der Waals surface area contributed by atoms with E-state index in [1.165, 1.54) is 11.3 Å². The third-order valence-electron chi connectivity index (χ3n) is 6.66. The van der Waals surface area contributed by atoms with Gasteiger partial charge in [0.15, 0.2) is 4.80 Å². The monoisotopic (exact) mass is 680 g/mol. The average molecular weight is 682 g/mol. The van der Waals surface area contributed by atoms with Crippen molar-refractivity contribution in [3.05, 3.63) is 124 Å². The molecular formula is C33H30BrClN2O5S. The molecular weight excluding hydrogens is 652 g/mol. The molecule has 5 rings (SSSR count). The Bertz CT molecular complexity index is 1880. The molecule has 1 atom stereocenters. The molecule has 222 valence electrons. The molecule has 1 aliphatic rings. The van der Waals surface area contributed by atoms with Crippen molar-refractivity contribution in [3.8, 4) is 11.5 Å². The number of carbonyl (C=O) groups excluding carboxylic acids is 1. The number of fused-ring (bicyclic) bond motifs is 1. The lowest BCUT2D eigenvalue weighted by molar-refractivity contribution is -0.139. The molecule has 0 spiro atoms. The zero-order valence-corrected chi connectivity index (χ0v) is 27.3. The van der Waals surface area contributed by atoms with Gasteiger partial charge < -0.3 is 14.2 Å². The Morgan fingerprint density at radius 3 is 2.58 bits per heavy atom. The van der Waals surface area contributed by atoms with Gasteiger partial charge in [0, 0.05) is 20.6 Å². The van der Waals surface area contributed by atoms with Crippen molar-refractivity contribution in [1.29, 1.82) is 0 Å². The molecule has 10 heteroatoms. The molecule has 3 aromatic carbocycles. The topological polar surface area (TPSA) is 79.1 Å². The third-order valence-corrected chi connectivity index (χ3v) is 8.39. The summed E-state index contributed by atoms with van der Waals surface area (Å²) in [6.07, 6.45) is 1.68. The highest BCUT2D eigenvalue weighted by Gasteiger charge is 2.35. The molecule has 0 aliphatic carbocycles. The fraction of sp³-hybridized carbons (Fsp3) is 0.242. The number of allylic oxidation sites excluding steroid dienone is 1. The first-order valence-corrected chi connectivity index (χ1v) is 15.8. The van der Waals surface area contributed by atoms with Crippen LogP contribution in [0.1, 0.15) is 50.4 Å². The average Bonchev–Trinajstić information content (AvgIpc) is 3.27. The zero-order chi connectivity index (χ0) is 30.7. The number of rotatable bonds is 9. The summed E-state index contributed by atoms with van der Waals surface area (Å²) in [4.78, 5) is 32.6. The highest BCUT2D eigenvalue weighted by atomic mass is 79.9. The number of carbonyl (C=O) groups is 1. The number of hydrogen-bond acceptors (Lipinski definition) is 7. The van der Waals surface area contributed by atoms with Gasteiger partial charge in [-0.05, 0) is 75.7 Å². The van der Waals surface area contributed by atoms with E-state index in [9.17, 15) is 9.59 Å². The number of hydrogen-bond donors (Lipinski definition) is 0. The number of halogens is 2. The Morgan fingerprint density at radius 1 is 1.12 bits per heavy atom. The summed E-state index contributed by atoms with van der Waals surface area (Å²) in [5.74, 6) is 0.672. The van der Waals surface area contributed by atoms with E-state index in [1.54, 1.807) is 24.5 Å². The molecule has 0 unspecified atom stereocenters. The van der Waals surface area contributed by atoms with Crippen LogP contribution in [0, 0.1) is 0 Å². The molecule has 0 N–H and O–H groups in total. The van der Waals surface area contributed by atoms with Gasteiger partial charge in [0.05, 0.1) is 28.5 Å². The van der Waals surface area contributed by atoms with Crippen LogP contribution < -0.4 is 24.4 Å². The van der Waals surface area contributed by atoms with Gasteiger partial charge in [-0.3, -0.25) is 9.36 Å². The second-order valence-corrected chi connectivity index (χ2v) is 12.5. The molecule has 1 aromatic heterocycles. The van der Waals surface area contributed by atoms with Crippen molar-refractivity contribution < 1.29 is 19.0 Å². The van der Waals surface area contributed by atoms with Crippen LogP contribution in [0.25, 0.3) is 6.08 Å². The SMILES string of the molecule is CCOC(=O)C1=C(C)N=c2s/c(=C/c3cc(Br)ccc3OCc3ccc(Cl)cc3)c(=O)n2[C@H]1c1ccccc1OC(C)C. The van der Waals surface area contributed by atoms with Gasteiger partial charge in [0.1, 0.15) is 24.1 Å². The van der Waals surface area contributed by atoms with E-state index in [1.807, 2.05) is 80.6 Å². The lowest BCUT2D eigenvalue weighted by atomic mass is 9.95. The van der Waals surface area contributed by atoms with E-state index in [0.717, 1.165) is 15.6 Å². The van der Waals surface area contributed by atoms with Gasteiger partial charge in [-0.25, -0.2) is 9.79 Å². The van der Waals surface area contributed by atoms with E-state index < -0.39 is 12.0 Å². The quantitative estimate of drug-likeness (QED) is 0.187. The number of thiazole rings is 1. The maximum absolute atomic E-state index is 14.2. The van der Waals surface area contributed by atoms with Crippen molar-refractivity contribution in [2.45, 2.75) is 46.4 Å². The third kappa shape index (κ3) is 6.79. The Balaban J connectivity index is 1.64. The van der Waals surface area contributed by atoms with Crippen molar-refractivity contribution in [2.24, 2.45) is 4.99 Å². The molecule has 1 aliphatic heterocycles. The number of para-hydroxylation sites is 1.